The summed E-state index contributed by atoms with van der Waals surface area (Å²) in [4.78, 5) is 31.0. The first kappa shape index (κ1) is 25.0. The summed E-state index contributed by atoms with van der Waals surface area (Å²) in [7, 11) is 3.16. The molecule has 1 aliphatic heterocycles. The molecule has 0 aliphatic carbocycles. The minimum absolute atomic E-state index is 0.0404. The van der Waals surface area contributed by atoms with Gasteiger partial charge in [0.1, 0.15) is 0 Å². The predicted octanol–water partition coefficient (Wildman–Crippen LogP) is 4.52. The summed E-state index contributed by atoms with van der Waals surface area (Å²) >= 11 is 0. The number of nitrogens with zero attached hydrogens (tertiary/aromatic N) is 3. The molecule has 1 fully saturated rings. The number of benzene rings is 2. The number of nitrogens with one attached hydrogen (secondary N) is 1. The normalized spacial score (nSPS) is 15.6. The first-order valence-corrected chi connectivity index (χ1v) is 11.9. The maximum absolute atomic E-state index is 12.9. The number of ether oxygens (including phenoxy) is 2. The zero-order chi connectivity index (χ0) is 25.5. The molecule has 0 radical (unpaired) electrons. The number of hydrogen-bond donors (Lipinski definition) is 1. The van der Waals surface area contributed by atoms with Crippen LogP contribution in [0.4, 0.5) is 5.69 Å². The first-order valence-electron chi connectivity index (χ1n) is 11.9. The Balaban J connectivity index is 1.42. The number of anilines is 1. The Labute approximate surface area is 210 Å². The summed E-state index contributed by atoms with van der Waals surface area (Å²) in [5, 5.41) is 6.98. The zero-order valence-electron chi connectivity index (χ0n) is 20.7. The van der Waals surface area contributed by atoms with Gasteiger partial charge in [0.2, 0.25) is 23.5 Å². The maximum atomic E-state index is 12.9. The van der Waals surface area contributed by atoms with Crippen LogP contribution in [0.2, 0.25) is 0 Å². The number of piperidine rings is 1. The number of rotatable bonds is 8. The van der Waals surface area contributed by atoms with Gasteiger partial charge >= 0.3 is 0 Å². The van der Waals surface area contributed by atoms with Crippen molar-refractivity contribution < 1.29 is 23.6 Å². The number of aromatic nitrogens is 2. The van der Waals surface area contributed by atoms with Crippen molar-refractivity contribution in [2.24, 2.45) is 0 Å². The van der Waals surface area contributed by atoms with E-state index in [4.69, 9.17) is 14.0 Å². The highest BCUT2D eigenvalue weighted by molar-refractivity contribution is 5.92. The highest BCUT2D eigenvalue weighted by Crippen LogP contribution is 2.30. The number of carbonyl (C=O) groups is 2. The van der Waals surface area contributed by atoms with Crippen LogP contribution in [-0.4, -0.2) is 54.2 Å². The Bertz CT molecular complexity index is 1250. The molecule has 0 spiro atoms. The van der Waals surface area contributed by atoms with Crippen molar-refractivity contribution in [3.8, 4) is 22.9 Å². The second kappa shape index (κ2) is 11.5. The molecule has 3 aromatic rings. The van der Waals surface area contributed by atoms with E-state index in [-0.39, 0.29) is 17.7 Å². The third kappa shape index (κ3) is 5.91. The van der Waals surface area contributed by atoms with E-state index in [2.05, 4.69) is 15.5 Å². The lowest BCUT2D eigenvalue weighted by Crippen LogP contribution is -2.38. The van der Waals surface area contributed by atoms with Gasteiger partial charge in [-0.3, -0.25) is 9.59 Å². The number of hydrogen-bond acceptors (Lipinski definition) is 7. The van der Waals surface area contributed by atoms with Crippen molar-refractivity contribution in [2.45, 2.75) is 32.1 Å². The summed E-state index contributed by atoms with van der Waals surface area (Å²) in [6.07, 6.45) is 5.44. The van der Waals surface area contributed by atoms with Crippen molar-refractivity contribution in [1.29, 1.82) is 0 Å². The summed E-state index contributed by atoms with van der Waals surface area (Å²) in [5.74, 6) is 2.03. The van der Waals surface area contributed by atoms with E-state index in [0.29, 0.717) is 48.4 Å². The Morgan fingerprint density at radius 2 is 2.00 bits per heavy atom. The van der Waals surface area contributed by atoms with Gasteiger partial charge in [0.05, 0.1) is 20.1 Å². The lowest BCUT2D eigenvalue weighted by molar-refractivity contribution is -0.127. The molecule has 2 amide bonds. The van der Waals surface area contributed by atoms with Crippen LogP contribution in [0.15, 0.2) is 53.1 Å². The molecule has 4 rings (SSSR count). The summed E-state index contributed by atoms with van der Waals surface area (Å²) in [5.41, 5.74) is 2.27. The molecule has 0 unspecified atom stereocenters. The van der Waals surface area contributed by atoms with Crippen LogP contribution in [0.5, 0.6) is 11.5 Å². The molecule has 36 heavy (non-hydrogen) atoms. The van der Waals surface area contributed by atoms with Crippen LogP contribution < -0.4 is 14.8 Å². The van der Waals surface area contributed by atoms with Crippen LogP contribution in [0.3, 0.4) is 0 Å². The van der Waals surface area contributed by atoms with E-state index in [1.54, 1.807) is 44.3 Å². The summed E-state index contributed by atoms with van der Waals surface area (Å²) in [6, 6.07) is 12.8. The minimum atomic E-state index is -0.0754. The number of methoxy groups -OCH3 is 2. The average molecular weight is 491 g/mol. The molecule has 1 aromatic heterocycles. The van der Waals surface area contributed by atoms with E-state index >= 15 is 0 Å². The van der Waals surface area contributed by atoms with Crippen molar-refractivity contribution >= 4 is 23.6 Å². The second-order valence-electron chi connectivity index (χ2n) is 8.51. The van der Waals surface area contributed by atoms with Crippen LogP contribution in [-0.2, 0) is 9.59 Å². The molecule has 1 saturated heterocycles. The van der Waals surface area contributed by atoms with Crippen LogP contribution in [0, 0.1) is 0 Å². The van der Waals surface area contributed by atoms with Gasteiger partial charge in [0.25, 0.3) is 0 Å². The van der Waals surface area contributed by atoms with Crippen molar-refractivity contribution in [1.82, 2.24) is 15.0 Å². The zero-order valence-corrected chi connectivity index (χ0v) is 20.7. The topological polar surface area (TPSA) is 107 Å². The van der Waals surface area contributed by atoms with Gasteiger partial charge in [-0.1, -0.05) is 30.3 Å². The van der Waals surface area contributed by atoms with Gasteiger partial charge in [-0.2, -0.15) is 4.98 Å². The van der Waals surface area contributed by atoms with E-state index in [9.17, 15) is 9.59 Å². The third-order valence-electron chi connectivity index (χ3n) is 6.08. The van der Waals surface area contributed by atoms with Gasteiger partial charge in [0, 0.05) is 36.8 Å². The smallest absolute Gasteiger partial charge is 0.246 e. The molecule has 9 nitrogen and oxygen atoms in total. The fourth-order valence-electron chi connectivity index (χ4n) is 4.11. The molecule has 0 saturated carbocycles. The third-order valence-corrected chi connectivity index (χ3v) is 6.08. The Morgan fingerprint density at radius 1 is 1.17 bits per heavy atom. The van der Waals surface area contributed by atoms with Gasteiger partial charge in [-0.25, -0.2) is 0 Å². The average Bonchev–Trinajstić information content (AvgIpc) is 3.42. The lowest BCUT2D eigenvalue weighted by Gasteiger charge is -2.30. The monoisotopic (exact) mass is 490 g/mol. The van der Waals surface area contributed by atoms with Crippen LogP contribution >= 0.6 is 0 Å². The standard InChI is InChI=1S/C27H30N4O5/c1-4-24(32)28-21-9-5-7-19(16-21)26-29-27(36-30-26)20-8-6-14-31(17-20)25(33)13-11-18-10-12-22(34-2)23(15-18)35-3/h5,7,9-13,15-16,20H,4,6,8,14,17H2,1-3H3,(H,28,32)/b13-11+/t20-/m1/s1. The van der Waals surface area contributed by atoms with Gasteiger partial charge in [0.15, 0.2) is 11.5 Å². The number of amides is 2. The van der Waals surface area contributed by atoms with E-state index in [0.717, 1.165) is 24.0 Å². The Kier molecular flexibility index (Phi) is 7.99. The Hall–Kier alpha value is -4.14. The largest absolute Gasteiger partial charge is 0.493 e. The molecular weight excluding hydrogens is 460 g/mol. The van der Waals surface area contributed by atoms with E-state index in [1.165, 1.54) is 0 Å². The maximum Gasteiger partial charge on any atom is 0.246 e. The molecule has 188 valence electrons. The highest BCUT2D eigenvalue weighted by atomic mass is 16.5. The highest BCUT2D eigenvalue weighted by Gasteiger charge is 2.28. The molecule has 2 heterocycles. The van der Waals surface area contributed by atoms with Crippen LogP contribution in [0.1, 0.15) is 43.6 Å². The molecule has 2 aromatic carbocycles. The fourth-order valence-corrected chi connectivity index (χ4v) is 4.11. The van der Waals surface area contributed by atoms with Crippen molar-refractivity contribution in [3.05, 3.63) is 60.0 Å². The Morgan fingerprint density at radius 3 is 2.78 bits per heavy atom. The van der Waals surface area contributed by atoms with E-state index < -0.39 is 0 Å². The molecule has 1 aliphatic rings. The molecule has 1 N–H and O–H groups in total. The van der Waals surface area contributed by atoms with Gasteiger partial charge in [-0.05, 0) is 48.7 Å². The second-order valence-corrected chi connectivity index (χ2v) is 8.51. The van der Waals surface area contributed by atoms with Crippen molar-refractivity contribution in [2.75, 3.05) is 32.6 Å². The molecule has 9 heteroatoms. The molecular formula is C27H30N4O5. The van der Waals surface area contributed by atoms with Gasteiger partial charge in [-0.15, -0.1) is 0 Å². The lowest BCUT2D eigenvalue weighted by atomic mass is 9.98. The van der Waals surface area contributed by atoms with E-state index in [1.807, 2.05) is 36.4 Å². The molecule has 0 bridgehead atoms. The first-order chi connectivity index (χ1) is 17.5. The number of carbonyl (C=O) groups excluding carboxylic acids is 2. The van der Waals surface area contributed by atoms with Crippen LogP contribution in [0.25, 0.3) is 17.5 Å². The molecule has 1 atom stereocenters. The quantitative estimate of drug-likeness (QED) is 0.463. The minimum Gasteiger partial charge on any atom is -0.493 e. The summed E-state index contributed by atoms with van der Waals surface area (Å²) in [6.45, 7) is 2.98. The van der Waals surface area contributed by atoms with Gasteiger partial charge < -0.3 is 24.2 Å². The predicted molar refractivity (Wildman–Crippen MR) is 136 cm³/mol. The SMILES string of the molecule is CCC(=O)Nc1cccc(-c2noc([C@@H]3CCCN(C(=O)/C=C/c4ccc(OC)c(OC)c4)C3)n2)c1. The number of likely N-dealkylation sites (tertiary alicyclic amines) is 1. The summed E-state index contributed by atoms with van der Waals surface area (Å²) < 4.78 is 16.2. The van der Waals surface area contributed by atoms with Crippen molar-refractivity contribution in [3.63, 3.8) is 0 Å². The fraction of sp³-hybridized carbons (Fsp3) is 0.333.